The van der Waals surface area contributed by atoms with Gasteiger partial charge >= 0.3 is 5.97 Å². The largest absolute Gasteiger partial charge is 0.465 e. The second-order valence-electron chi connectivity index (χ2n) is 4.93. The van der Waals surface area contributed by atoms with E-state index in [1.165, 1.54) is 20.0 Å². The van der Waals surface area contributed by atoms with Crippen molar-refractivity contribution in [3.05, 3.63) is 21.7 Å². The summed E-state index contributed by atoms with van der Waals surface area (Å²) in [6.07, 6.45) is 3.59. The summed E-state index contributed by atoms with van der Waals surface area (Å²) in [5, 5.41) is 0. The average molecular weight is 266 g/mol. The van der Waals surface area contributed by atoms with E-state index < -0.39 is 5.97 Å². The molecule has 0 spiro atoms. The lowest BCUT2D eigenvalue weighted by molar-refractivity contribution is 0.0598. The predicted octanol–water partition coefficient (Wildman–Crippen LogP) is 3.14. The van der Waals surface area contributed by atoms with Crippen molar-refractivity contribution < 1.29 is 9.53 Å². The van der Waals surface area contributed by atoms with Crippen LogP contribution in [0, 0.1) is 17.5 Å². The number of ether oxygens (including phenoxy) is 1. The Hall–Kier alpha value is -1.23. The molecule has 4 nitrogen and oxygen atoms in total. The van der Waals surface area contributed by atoms with Crippen molar-refractivity contribution in [3.63, 3.8) is 0 Å². The first-order chi connectivity index (χ1) is 8.54. The van der Waals surface area contributed by atoms with Gasteiger partial charge in [0.15, 0.2) is 0 Å². The highest BCUT2D eigenvalue weighted by molar-refractivity contribution is 7.71. The fourth-order valence-corrected chi connectivity index (χ4v) is 3.01. The number of aromatic nitrogens is 2. The highest BCUT2D eigenvalue weighted by Crippen LogP contribution is 2.37. The summed E-state index contributed by atoms with van der Waals surface area (Å²) in [6, 6.07) is 0. The topological polar surface area (TPSA) is 55.0 Å². The van der Waals surface area contributed by atoms with Gasteiger partial charge in [-0.3, -0.25) is 0 Å². The van der Waals surface area contributed by atoms with Crippen LogP contribution in [-0.4, -0.2) is 23.0 Å². The van der Waals surface area contributed by atoms with Crippen LogP contribution in [-0.2, 0) is 4.74 Å². The lowest BCUT2D eigenvalue weighted by Gasteiger charge is -2.16. The van der Waals surface area contributed by atoms with Crippen molar-refractivity contribution >= 4 is 18.2 Å². The Morgan fingerprint density at radius 2 is 2.22 bits per heavy atom. The number of hydrogen-bond donors (Lipinski definition) is 1. The minimum atomic E-state index is -0.424. The standard InChI is InChI=1S/C13H18N2O2S/c1-7-5-4-6-9(7)11-14-8(2)10(12(18)15-11)13(16)17-3/h7,9H,4-6H2,1-3H3,(H,14,15,18). The van der Waals surface area contributed by atoms with E-state index in [9.17, 15) is 4.79 Å². The summed E-state index contributed by atoms with van der Waals surface area (Å²) in [5.41, 5.74) is 1.12. The van der Waals surface area contributed by atoms with Crippen molar-refractivity contribution in [1.82, 2.24) is 9.97 Å². The molecule has 1 fully saturated rings. The van der Waals surface area contributed by atoms with Crippen LogP contribution in [0.2, 0.25) is 0 Å². The van der Waals surface area contributed by atoms with Crippen LogP contribution < -0.4 is 0 Å². The predicted molar refractivity (Wildman–Crippen MR) is 71.3 cm³/mol. The van der Waals surface area contributed by atoms with Crippen LogP contribution in [0.25, 0.3) is 0 Å². The van der Waals surface area contributed by atoms with Crippen LogP contribution in [0.4, 0.5) is 0 Å². The number of aromatic amines is 1. The van der Waals surface area contributed by atoms with Crippen molar-refractivity contribution in [2.45, 2.75) is 39.0 Å². The van der Waals surface area contributed by atoms with Crippen LogP contribution in [0.15, 0.2) is 0 Å². The van der Waals surface area contributed by atoms with E-state index in [0.29, 0.717) is 22.0 Å². The third kappa shape index (κ3) is 2.32. The Kier molecular flexibility index (Phi) is 3.80. The highest BCUT2D eigenvalue weighted by Gasteiger charge is 2.27. The first kappa shape index (κ1) is 13.2. The number of rotatable bonds is 2. The molecule has 1 aliphatic rings. The third-order valence-corrected chi connectivity index (χ3v) is 4.02. The molecule has 1 aliphatic carbocycles. The summed E-state index contributed by atoms with van der Waals surface area (Å²) in [6.45, 7) is 4.08. The second kappa shape index (κ2) is 5.18. The van der Waals surface area contributed by atoms with Gasteiger partial charge in [-0.15, -0.1) is 0 Å². The van der Waals surface area contributed by atoms with E-state index in [1.807, 2.05) is 6.92 Å². The van der Waals surface area contributed by atoms with E-state index in [4.69, 9.17) is 17.0 Å². The summed E-state index contributed by atoms with van der Waals surface area (Å²) in [7, 11) is 1.35. The summed E-state index contributed by atoms with van der Waals surface area (Å²) < 4.78 is 5.06. The molecule has 0 aromatic carbocycles. The minimum absolute atomic E-state index is 0.340. The molecule has 2 rings (SSSR count). The number of H-pyrrole nitrogens is 1. The Bertz CT molecular complexity index is 524. The number of carbonyl (C=O) groups is 1. The molecule has 1 N–H and O–H groups in total. The van der Waals surface area contributed by atoms with Crippen LogP contribution in [0.5, 0.6) is 0 Å². The maximum Gasteiger partial charge on any atom is 0.342 e. The molecular formula is C13H18N2O2S. The maximum absolute atomic E-state index is 11.6. The number of hydrogen-bond acceptors (Lipinski definition) is 4. The van der Waals surface area contributed by atoms with Gasteiger partial charge in [0.05, 0.1) is 7.11 Å². The van der Waals surface area contributed by atoms with Gasteiger partial charge in [0.2, 0.25) is 0 Å². The van der Waals surface area contributed by atoms with Crippen LogP contribution in [0.3, 0.4) is 0 Å². The Morgan fingerprint density at radius 1 is 1.50 bits per heavy atom. The average Bonchev–Trinajstić information content (AvgIpc) is 2.74. The zero-order chi connectivity index (χ0) is 13.3. The Morgan fingerprint density at radius 3 is 2.72 bits per heavy atom. The minimum Gasteiger partial charge on any atom is -0.465 e. The summed E-state index contributed by atoms with van der Waals surface area (Å²) in [4.78, 5) is 19.2. The van der Waals surface area contributed by atoms with E-state index in [1.54, 1.807) is 0 Å². The van der Waals surface area contributed by atoms with Gasteiger partial charge in [-0.1, -0.05) is 25.6 Å². The molecule has 98 valence electrons. The van der Waals surface area contributed by atoms with Crippen molar-refractivity contribution in [2.75, 3.05) is 7.11 Å². The Balaban J connectivity index is 2.42. The van der Waals surface area contributed by atoms with E-state index in [-0.39, 0.29) is 0 Å². The maximum atomic E-state index is 11.6. The molecule has 0 bridgehead atoms. The molecule has 0 aliphatic heterocycles. The molecular weight excluding hydrogens is 248 g/mol. The molecule has 1 saturated carbocycles. The Labute approximate surface area is 112 Å². The molecule has 5 heteroatoms. The zero-order valence-corrected chi connectivity index (χ0v) is 11.8. The zero-order valence-electron chi connectivity index (χ0n) is 10.9. The molecule has 0 amide bonds. The fraction of sp³-hybridized carbons (Fsp3) is 0.615. The molecule has 0 saturated heterocycles. The van der Waals surface area contributed by atoms with Crippen LogP contribution in [0.1, 0.15) is 54.0 Å². The van der Waals surface area contributed by atoms with Crippen LogP contribution >= 0.6 is 12.2 Å². The SMILES string of the molecule is COC(=O)c1c(C)[nH]c(C2CCCC2C)nc1=S. The highest BCUT2D eigenvalue weighted by atomic mass is 32.1. The third-order valence-electron chi connectivity index (χ3n) is 3.73. The smallest absolute Gasteiger partial charge is 0.342 e. The molecule has 1 aromatic rings. The first-order valence-electron chi connectivity index (χ1n) is 6.23. The lowest BCUT2D eigenvalue weighted by Crippen LogP contribution is -2.13. The summed E-state index contributed by atoms with van der Waals surface area (Å²) >= 11 is 5.21. The molecule has 18 heavy (non-hydrogen) atoms. The molecule has 1 aromatic heterocycles. The lowest BCUT2D eigenvalue weighted by atomic mass is 9.97. The summed E-state index contributed by atoms with van der Waals surface area (Å²) in [5.74, 6) is 1.53. The molecule has 2 atom stereocenters. The molecule has 1 heterocycles. The van der Waals surface area contributed by atoms with Gasteiger partial charge in [-0.25, -0.2) is 9.78 Å². The number of nitrogens with zero attached hydrogens (tertiary/aromatic N) is 1. The first-order valence-corrected chi connectivity index (χ1v) is 6.64. The quantitative estimate of drug-likeness (QED) is 0.660. The van der Waals surface area contributed by atoms with Crippen molar-refractivity contribution in [1.29, 1.82) is 0 Å². The molecule has 0 radical (unpaired) electrons. The molecule has 2 unspecified atom stereocenters. The van der Waals surface area contributed by atoms with Gasteiger partial charge in [0, 0.05) is 11.6 Å². The monoisotopic (exact) mass is 266 g/mol. The van der Waals surface area contributed by atoms with Gasteiger partial charge in [0.1, 0.15) is 16.0 Å². The number of methoxy groups -OCH3 is 1. The number of esters is 1. The van der Waals surface area contributed by atoms with E-state index in [0.717, 1.165) is 17.9 Å². The van der Waals surface area contributed by atoms with Gasteiger partial charge < -0.3 is 9.72 Å². The van der Waals surface area contributed by atoms with Gasteiger partial charge in [0.25, 0.3) is 0 Å². The number of aryl methyl sites for hydroxylation is 1. The van der Waals surface area contributed by atoms with E-state index in [2.05, 4.69) is 16.9 Å². The van der Waals surface area contributed by atoms with Gasteiger partial charge in [-0.05, 0) is 25.7 Å². The normalized spacial score (nSPS) is 23.1. The number of nitrogens with one attached hydrogen (secondary N) is 1. The number of carbonyl (C=O) groups excluding carboxylic acids is 1. The van der Waals surface area contributed by atoms with Crippen molar-refractivity contribution in [3.8, 4) is 0 Å². The van der Waals surface area contributed by atoms with Gasteiger partial charge in [-0.2, -0.15) is 0 Å². The second-order valence-corrected chi connectivity index (χ2v) is 5.32. The fourth-order valence-electron chi connectivity index (χ4n) is 2.68. The van der Waals surface area contributed by atoms with Crippen molar-refractivity contribution in [2.24, 2.45) is 5.92 Å². The van der Waals surface area contributed by atoms with E-state index >= 15 is 0 Å².